The first-order chi connectivity index (χ1) is 13.6. The second-order valence-corrected chi connectivity index (χ2v) is 7.50. The van der Waals surface area contributed by atoms with Crippen molar-refractivity contribution in [1.29, 1.82) is 0 Å². The normalized spacial score (nSPS) is 23.1. The van der Waals surface area contributed by atoms with E-state index in [9.17, 15) is 9.59 Å². The topological polar surface area (TPSA) is 108 Å². The molecule has 2 saturated heterocycles. The van der Waals surface area contributed by atoms with Gasteiger partial charge in [-0.25, -0.2) is 0 Å². The third-order valence-electron chi connectivity index (χ3n) is 5.62. The largest absolute Gasteiger partial charge is 0.481 e. The van der Waals surface area contributed by atoms with Gasteiger partial charge in [-0.05, 0) is 25.2 Å². The number of carboxylic acid groups (broad SMARTS) is 1. The van der Waals surface area contributed by atoms with Crippen molar-refractivity contribution >= 4 is 11.9 Å². The number of piperidine rings is 1. The van der Waals surface area contributed by atoms with E-state index >= 15 is 0 Å². The first-order valence-corrected chi connectivity index (χ1v) is 9.64. The molecule has 0 radical (unpaired) electrons. The van der Waals surface area contributed by atoms with Crippen LogP contribution in [0.1, 0.15) is 36.2 Å². The van der Waals surface area contributed by atoms with Crippen LogP contribution < -0.4 is 10.9 Å². The van der Waals surface area contributed by atoms with Gasteiger partial charge in [-0.2, -0.15) is 0 Å². The summed E-state index contributed by atoms with van der Waals surface area (Å²) >= 11 is 0. The van der Waals surface area contributed by atoms with Gasteiger partial charge in [0.25, 0.3) is 5.91 Å². The highest BCUT2D eigenvalue weighted by molar-refractivity contribution is 5.93. The van der Waals surface area contributed by atoms with Crippen LogP contribution in [-0.4, -0.2) is 52.2 Å². The number of hydrazine groups is 1. The van der Waals surface area contributed by atoms with Crippen molar-refractivity contribution in [3.8, 4) is 11.3 Å². The van der Waals surface area contributed by atoms with Gasteiger partial charge in [0.05, 0.1) is 6.42 Å². The van der Waals surface area contributed by atoms with E-state index in [1.165, 1.54) is 0 Å². The van der Waals surface area contributed by atoms with Crippen LogP contribution in [0.25, 0.3) is 11.3 Å². The summed E-state index contributed by atoms with van der Waals surface area (Å²) in [5.74, 6) is 0.116. The number of aliphatic carboxylic acids is 1. The Kier molecular flexibility index (Phi) is 5.40. The van der Waals surface area contributed by atoms with Gasteiger partial charge in [-0.15, -0.1) is 0 Å². The minimum atomic E-state index is -0.789. The van der Waals surface area contributed by atoms with Gasteiger partial charge in [0.2, 0.25) is 0 Å². The second-order valence-electron chi connectivity index (χ2n) is 7.50. The number of nitrogens with one attached hydrogen (secondary N) is 2. The molecule has 0 bridgehead atoms. The van der Waals surface area contributed by atoms with Gasteiger partial charge in [0.15, 0.2) is 11.5 Å². The molecule has 2 atom stereocenters. The summed E-state index contributed by atoms with van der Waals surface area (Å²) in [5.41, 5.74) is 7.54. The second kappa shape index (κ2) is 8.12. The van der Waals surface area contributed by atoms with E-state index in [4.69, 9.17) is 9.63 Å². The number of carbonyl (C=O) groups excluding carboxylic acids is 1. The number of likely N-dealkylation sites (tertiary alicyclic amines) is 1. The third-order valence-corrected chi connectivity index (χ3v) is 5.62. The molecule has 0 saturated carbocycles. The Morgan fingerprint density at radius 3 is 2.64 bits per heavy atom. The lowest BCUT2D eigenvalue weighted by Gasteiger charge is -2.34. The molecule has 8 nitrogen and oxygen atoms in total. The van der Waals surface area contributed by atoms with E-state index in [2.05, 4.69) is 16.0 Å². The molecule has 1 aromatic carbocycles. The highest BCUT2D eigenvalue weighted by atomic mass is 16.5. The molecular weight excluding hydrogens is 360 g/mol. The number of hydrogen-bond donors (Lipinski definition) is 3. The zero-order chi connectivity index (χ0) is 19.5. The summed E-state index contributed by atoms with van der Waals surface area (Å²) < 4.78 is 5.34. The molecule has 2 fully saturated rings. The SMILES string of the molecule is O=C(O)CC1CC(C2CCN(C(=O)c3cc(-c4ccccc4)on3)CC2)NN1. The first kappa shape index (κ1) is 18.6. The Morgan fingerprint density at radius 2 is 1.93 bits per heavy atom. The number of amides is 1. The van der Waals surface area contributed by atoms with Crippen LogP contribution in [0.2, 0.25) is 0 Å². The average Bonchev–Trinajstić information content (AvgIpc) is 3.38. The number of carbonyl (C=O) groups is 2. The molecule has 28 heavy (non-hydrogen) atoms. The molecule has 2 aromatic rings. The van der Waals surface area contributed by atoms with Crippen LogP contribution in [0.5, 0.6) is 0 Å². The summed E-state index contributed by atoms with van der Waals surface area (Å²) in [5, 5.41) is 12.9. The van der Waals surface area contributed by atoms with Crippen molar-refractivity contribution in [2.45, 2.75) is 37.8 Å². The Hall–Kier alpha value is -2.71. The number of hydrogen-bond acceptors (Lipinski definition) is 6. The van der Waals surface area contributed by atoms with E-state index in [0.29, 0.717) is 30.5 Å². The van der Waals surface area contributed by atoms with Gasteiger partial charge in [-0.1, -0.05) is 35.5 Å². The molecule has 2 aliphatic heterocycles. The molecule has 4 rings (SSSR count). The molecule has 1 amide bonds. The zero-order valence-electron chi connectivity index (χ0n) is 15.5. The lowest BCUT2D eigenvalue weighted by Crippen LogP contribution is -2.44. The molecule has 0 spiro atoms. The fourth-order valence-corrected chi connectivity index (χ4v) is 4.09. The van der Waals surface area contributed by atoms with E-state index in [1.54, 1.807) is 6.07 Å². The van der Waals surface area contributed by atoms with E-state index in [0.717, 1.165) is 24.8 Å². The van der Waals surface area contributed by atoms with Gasteiger partial charge in [0, 0.05) is 36.8 Å². The number of rotatable bonds is 5. The summed E-state index contributed by atoms with van der Waals surface area (Å²) in [4.78, 5) is 25.4. The predicted molar refractivity (Wildman–Crippen MR) is 101 cm³/mol. The van der Waals surface area contributed by atoms with E-state index < -0.39 is 5.97 Å². The summed E-state index contributed by atoms with van der Waals surface area (Å²) in [6, 6.07) is 11.5. The molecule has 3 heterocycles. The molecule has 2 aliphatic rings. The Morgan fingerprint density at radius 1 is 1.18 bits per heavy atom. The quantitative estimate of drug-likeness (QED) is 0.723. The average molecular weight is 384 g/mol. The molecule has 0 aliphatic carbocycles. The number of benzene rings is 1. The van der Waals surface area contributed by atoms with E-state index in [1.807, 2.05) is 35.2 Å². The number of aromatic nitrogens is 1. The zero-order valence-corrected chi connectivity index (χ0v) is 15.5. The van der Waals surface area contributed by atoms with Crippen LogP contribution in [0.3, 0.4) is 0 Å². The van der Waals surface area contributed by atoms with Crippen LogP contribution in [0, 0.1) is 5.92 Å². The van der Waals surface area contributed by atoms with Crippen molar-refractivity contribution < 1.29 is 19.2 Å². The predicted octanol–water partition coefficient (Wildman–Crippen LogP) is 1.90. The molecule has 3 N–H and O–H groups in total. The lowest BCUT2D eigenvalue weighted by molar-refractivity contribution is -0.137. The minimum absolute atomic E-state index is 0.0336. The fraction of sp³-hybridized carbons (Fsp3) is 0.450. The summed E-state index contributed by atoms with van der Waals surface area (Å²) in [7, 11) is 0. The lowest BCUT2D eigenvalue weighted by atomic mass is 9.87. The molecule has 2 unspecified atom stereocenters. The maximum absolute atomic E-state index is 12.8. The standard InChI is InChI=1S/C20H24N4O4/c25-19(26)11-15-10-16(22-21-15)13-6-8-24(9-7-13)20(27)17-12-18(28-23-17)14-4-2-1-3-5-14/h1-5,12-13,15-16,21-22H,6-11H2,(H,25,26). The van der Waals surface area contributed by atoms with E-state index in [-0.39, 0.29) is 24.4 Å². The highest BCUT2D eigenvalue weighted by Gasteiger charge is 2.34. The number of carboxylic acids is 1. The van der Waals surface area contributed by atoms with Crippen molar-refractivity contribution in [3.05, 3.63) is 42.1 Å². The Labute approximate surface area is 162 Å². The molecular formula is C20H24N4O4. The third kappa shape index (κ3) is 4.07. The summed E-state index contributed by atoms with van der Waals surface area (Å²) in [6.45, 7) is 1.33. The first-order valence-electron chi connectivity index (χ1n) is 9.64. The summed E-state index contributed by atoms with van der Waals surface area (Å²) in [6.07, 6.45) is 2.69. The van der Waals surface area contributed by atoms with Crippen molar-refractivity contribution in [2.75, 3.05) is 13.1 Å². The van der Waals surface area contributed by atoms with Gasteiger partial charge < -0.3 is 14.5 Å². The van der Waals surface area contributed by atoms with Crippen LogP contribution >= 0.6 is 0 Å². The van der Waals surface area contributed by atoms with Crippen molar-refractivity contribution in [3.63, 3.8) is 0 Å². The van der Waals surface area contributed by atoms with Crippen LogP contribution in [0.4, 0.5) is 0 Å². The maximum Gasteiger partial charge on any atom is 0.304 e. The number of nitrogens with zero attached hydrogens (tertiary/aromatic N) is 2. The Balaban J connectivity index is 1.31. The van der Waals surface area contributed by atoms with Crippen molar-refractivity contribution in [2.24, 2.45) is 5.92 Å². The van der Waals surface area contributed by atoms with Gasteiger partial charge in [-0.3, -0.25) is 20.4 Å². The fourth-order valence-electron chi connectivity index (χ4n) is 4.09. The molecule has 8 heteroatoms. The Bertz CT molecular complexity index is 830. The minimum Gasteiger partial charge on any atom is -0.481 e. The van der Waals surface area contributed by atoms with Gasteiger partial charge in [0.1, 0.15) is 0 Å². The smallest absolute Gasteiger partial charge is 0.304 e. The maximum atomic E-state index is 12.8. The van der Waals surface area contributed by atoms with Crippen LogP contribution in [0.15, 0.2) is 40.9 Å². The monoisotopic (exact) mass is 384 g/mol. The van der Waals surface area contributed by atoms with Gasteiger partial charge >= 0.3 is 5.97 Å². The highest BCUT2D eigenvalue weighted by Crippen LogP contribution is 2.27. The molecule has 148 valence electrons. The van der Waals surface area contributed by atoms with Crippen LogP contribution in [-0.2, 0) is 4.79 Å². The van der Waals surface area contributed by atoms with Crippen molar-refractivity contribution in [1.82, 2.24) is 20.9 Å². The molecule has 1 aromatic heterocycles.